The van der Waals surface area contributed by atoms with E-state index in [-0.39, 0.29) is 19.0 Å². The topological polar surface area (TPSA) is 87.9 Å². The van der Waals surface area contributed by atoms with Gasteiger partial charge in [-0.05, 0) is 56.0 Å². The largest absolute Gasteiger partial charge is 0.506 e. The van der Waals surface area contributed by atoms with Gasteiger partial charge in [-0.15, -0.1) is 11.3 Å². The summed E-state index contributed by atoms with van der Waals surface area (Å²) in [6, 6.07) is 6.41. The monoisotopic (exact) mass is 536 g/mol. The molecule has 2 aliphatic rings. The Labute approximate surface area is 215 Å². The maximum absolute atomic E-state index is 13.2. The standard InChI is InChI=1S/C25H27F3N4O4S/c1-24(36-23(34)35)7-11-30(12-8-24)15-21(33)31-10-6-17-18-3-2-9-29-22(18)32(19(17)14-31)13-16-4-5-20(37-16)25(26,27)28/h2-5,9H,6-8,10-15H2,1H3,(H,34,35). The molecule has 0 atom stereocenters. The second kappa shape index (κ2) is 9.64. The molecule has 5 heterocycles. The number of carbonyl (C=O) groups is 2. The molecule has 5 rings (SSSR count). The van der Waals surface area contributed by atoms with E-state index in [1.54, 1.807) is 18.0 Å². The van der Waals surface area contributed by atoms with Gasteiger partial charge in [0, 0.05) is 41.8 Å². The number of rotatable bonds is 5. The van der Waals surface area contributed by atoms with E-state index in [0.29, 0.717) is 56.0 Å². The van der Waals surface area contributed by atoms with Gasteiger partial charge in [0.1, 0.15) is 16.1 Å². The maximum atomic E-state index is 13.2. The molecule has 1 saturated heterocycles. The molecule has 1 fully saturated rings. The van der Waals surface area contributed by atoms with Crippen molar-refractivity contribution in [1.29, 1.82) is 0 Å². The summed E-state index contributed by atoms with van der Waals surface area (Å²) < 4.78 is 46.4. The van der Waals surface area contributed by atoms with E-state index in [1.807, 2.05) is 21.6 Å². The number of nitrogens with zero attached hydrogens (tertiary/aromatic N) is 4. The molecule has 0 bridgehead atoms. The first-order chi connectivity index (χ1) is 17.5. The van der Waals surface area contributed by atoms with Crippen molar-refractivity contribution in [1.82, 2.24) is 19.4 Å². The Balaban J connectivity index is 1.32. The summed E-state index contributed by atoms with van der Waals surface area (Å²) in [6.07, 6.45) is -2.35. The quantitative estimate of drug-likeness (QED) is 0.480. The summed E-state index contributed by atoms with van der Waals surface area (Å²) in [4.78, 5) is 32.4. The molecular formula is C25H27F3N4O4S. The van der Waals surface area contributed by atoms with Crippen LogP contribution < -0.4 is 0 Å². The summed E-state index contributed by atoms with van der Waals surface area (Å²) >= 11 is 0.723. The molecule has 37 heavy (non-hydrogen) atoms. The third-order valence-corrected chi connectivity index (χ3v) is 8.34. The van der Waals surface area contributed by atoms with E-state index < -0.39 is 22.8 Å². The van der Waals surface area contributed by atoms with Crippen LogP contribution in [0.5, 0.6) is 0 Å². The minimum atomic E-state index is -4.38. The number of likely N-dealkylation sites (tertiary alicyclic amines) is 1. The maximum Gasteiger partial charge on any atom is 0.506 e. The Morgan fingerprint density at radius 1 is 1.19 bits per heavy atom. The highest BCUT2D eigenvalue weighted by atomic mass is 32.1. The van der Waals surface area contributed by atoms with Crippen LogP contribution in [0.1, 0.15) is 40.8 Å². The third-order valence-electron chi connectivity index (χ3n) is 7.23. The van der Waals surface area contributed by atoms with E-state index in [9.17, 15) is 22.8 Å². The van der Waals surface area contributed by atoms with Crippen molar-refractivity contribution in [2.75, 3.05) is 26.2 Å². The van der Waals surface area contributed by atoms with Gasteiger partial charge in [-0.2, -0.15) is 13.2 Å². The highest BCUT2D eigenvalue weighted by molar-refractivity contribution is 7.12. The lowest BCUT2D eigenvalue weighted by molar-refractivity contribution is -0.135. The lowest BCUT2D eigenvalue weighted by atomic mass is 9.93. The predicted molar refractivity (Wildman–Crippen MR) is 130 cm³/mol. The lowest BCUT2D eigenvalue weighted by Gasteiger charge is -2.38. The predicted octanol–water partition coefficient (Wildman–Crippen LogP) is 4.60. The van der Waals surface area contributed by atoms with Crippen LogP contribution in [-0.2, 0) is 35.2 Å². The SMILES string of the molecule is CC1(OC(=O)O)CCN(CC(=O)N2CCc3c(n(Cc4ccc(C(F)(F)F)s4)c4ncccc34)C2)CC1. The number of thiophene rings is 1. The smallest absolute Gasteiger partial charge is 0.450 e. The average Bonchev–Trinajstić information content (AvgIpc) is 3.44. The average molecular weight is 537 g/mol. The van der Waals surface area contributed by atoms with Crippen LogP contribution in [0, 0.1) is 0 Å². The van der Waals surface area contributed by atoms with Crippen LogP contribution >= 0.6 is 11.3 Å². The van der Waals surface area contributed by atoms with Crippen molar-refractivity contribution in [3.63, 3.8) is 0 Å². The number of carbonyl (C=O) groups excluding carboxylic acids is 1. The van der Waals surface area contributed by atoms with E-state index in [0.717, 1.165) is 34.0 Å². The first-order valence-corrected chi connectivity index (χ1v) is 12.9. The molecule has 0 spiro atoms. The zero-order valence-electron chi connectivity index (χ0n) is 20.3. The molecule has 0 radical (unpaired) electrons. The van der Waals surface area contributed by atoms with Crippen LogP contribution in [-0.4, -0.2) is 68.3 Å². The number of hydrogen-bond donors (Lipinski definition) is 1. The Kier molecular flexibility index (Phi) is 6.65. The van der Waals surface area contributed by atoms with Gasteiger partial charge in [0.2, 0.25) is 5.91 Å². The van der Waals surface area contributed by atoms with Gasteiger partial charge in [0.25, 0.3) is 0 Å². The number of fused-ring (bicyclic) bond motifs is 3. The molecule has 0 unspecified atom stereocenters. The third kappa shape index (κ3) is 5.30. The Morgan fingerprint density at radius 2 is 1.95 bits per heavy atom. The second-order valence-electron chi connectivity index (χ2n) is 9.81. The van der Waals surface area contributed by atoms with Crippen molar-refractivity contribution in [2.24, 2.45) is 0 Å². The van der Waals surface area contributed by atoms with Crippen LogP contribution in [0.3, 0.4) is 0 Å². The van der Waals surface area contributed by atoms with Crippen LogP contribution in [0.25, 0.3) is 11.0 Å². The van der Waals surface area contributed by atoms with Crippen molar-refractivity contribution in [3.05, 3.63) is 51.5 Å². The number of halogens is 3. The fourth-order valence-electron chi connectivity index (χ4n) is 5.20. The first kappa shape index (κ1) is 25.5. The molecule has 3 aromatic rings. The summed E-state index contributed by atoms with van der Waals surface area (Å²) in [7, 11) is 0. The van der Waals surface area contributed by atoms with Crippen LogP contribution in [0.4, 0.5) is 18.0 Å². The number of amides is 1. The minimum Gasteiger partial charge on any atom is -0.450 e. The number of ether oxygens (including phenoxy) is 1. The first-order valence-electron chi connectivity index (χ1n) is 12.1. The van der Waals surface area contributed by atoms with Gasteiger partial charge in [-0.1, -0.05) is 0 Å². The van der Waals surface area contributed by atoms with Gasteiger partial charge in [-0.25, -0.2) is 9.78 Å². The van der Waals surface area contributed by atoms with E-state index in [2.05, 4.69) is 4.98 Å². The number of carboxylic acid groups (broad SMARTS) is 1. The van der Waals surface area contributed by atoms with Gasteiger partial charge in [0.05, 0.1) is 19.6 Å². The Hall–Kier alpha value is -3.12. The normalized spacial score (nSPS) is 18.1. The summed E-state index contributed by atoms with van der Waals surface area (Å²) in [5, 5.41) is 9.91. The van der Waals surface area contributed by atoms with Crippen LogP contribution in [0.15, 0.2) is 30.5 Å². The Morgan fingerprint density at radius 3 is 2.62 bits per heavy atom. The number of hydrogen-bond acceptors (Lipinski definition) is 6. The van der Waals surface area contributed by atoms with Gasteiger partial charge < -0.3 is 19.3 Å². The molecule has 2 aliphatic heterocycles. The number of piperidine rings is 1. The zero-order chi connectivity index (χ0) is 26.4. The van der Waals surface area contributed by atoms with Crippen molar-refractivity contribution in [2.45, 2.75) is 51.1 Å². The van der Waals surface area contributed by atoms with Gasteiger partial charge in [-0.3, -0.25) is 9.69 Å². The summed E-state index contributed by atoms with van der Waals surface area (Å²) in [5.41, 5.74) is 1.95. The molecule has 1 N–H and O–H groups in total. The highest BCUT2D eigenvalue weighted by Gasteiger charge is 2.36. The molecule has 8 nitrogen and oxygen atoms in total. The number of pyridine rings is 1. The molecule has 198 valence electrons. The summed E-state index contributed by atoms with van der Waals surface area (Å²) in [5.74, 6) is -0.0337. The molecule has 3 aromatic heterocycles. The fraction of sp³-hybridized carbons (Fsp3) is 0.480. The van der Waals surface area contributed by atoms with Crippen molar-refractivity contribution < 1.29 is 32.6 Å². The zero-order valence-corrected chi connectivity index (χ0v) is 21.1. The van der Waals surface area contributed by atoms with Crippen molar-refractivity contribution in [3.8, 4) is 0 Å². The summed E-state index contributed by atoms with van der Waals surface area (Å²) in [6.45, 7) is 4.25. The van der Waals surface area contributed by atoms with Gasteiger partial charge >= 0.3 is 12.3 Å². The van der Waals surface area contributed by atoms with E-state index in [1.165, 1.54) is 6.07 Å². The molecule has 12 heteroatoms. The Bertz CT molecular complexity index is 1330. The van der Waals surface area contributed by atoms with Crippen molar-refractivity contribution >= 4 is 34.4 Å². The fourth-order valence-corrected chi connectivity index (χ4v) is 6.07. The van der Waals surface area contributed by atoms with E-state index >= 15 is 0 Å². The molecule has 0 aliphatic carbocycles. The molecule has 0 aromatic carbocycles. The number of aromatic nitrogens is 2. The highest BCUT2D eigenvalue weighted by Crippen LogP contribution is 2.36. The van der Waals surface area contributed by atoms with Gasteiger partial charge in [0.15, 0.2) is 0 Å². The molecule has 1 amide bonds. The molecule has 0 saturated carbocycles. The minimum absolute atomic E-state index is 0.0337. The second-order valence-corrected chi connectivity index (χ2v) is 11.0. The van der Waals surface area contributed by atoms with Crippen LogP contribution in [0.2, 0.25) is 0 Å². The molecular weight excluding hydrogens is 509 g/mol. The number of alkyl halides is 3. The lowest BCUT2D eigenvalue weighted by Crippen LogP contribution is -2.49. The van der Waals surface area contributed by atoms with E-state index in [4.69, 9.17) is 9.84 Å².